The number of aromatic nitrogens is 1. The van der Waals surface area contributed by atoms with Crippen LogP contribution in [0.4, 0.5) is 5.69 Å². The molecular weight excluding hydrogens is 228 g/mol. The number of oxime groups is 1. The van der Waals surface area contributed by atoms with Gasteiger partial charge in [0.25, 0.3) is 0 Å². The highest BCUT2D eigenvalue weighted by atomic mass is 16.4. The molecule has 2 heterocycles. The Kier molecular flexibility index (Phi) is 4.02. The summed E-state index contributed by atoms with van der Waals surface area (Å²) >= 11 is 0. The zero-order chi connectivity index (χ0) is 13.0. The standard InChI is InChI=1S/C13H20N4O/c1-2-3-10-5-7-17(9-10)12-8-15-6-4-11(12)13(14)16-18/h4,6,8,10,18H,2-3,5,7,9H2,1H3,(H2,14,16). The summed E-state index contributed by atoms with van der Waals surface area (Å²) in [5.41, 5.74) is 7.42. The molecule has 1 fully saturated rings. The number of anilines is 1. The van der Waals surface area contributed by atoms with Crippen LogP contribution in [0.5, 0.6) is 0 Å². The zero-order valence-corrected chi connectivity index (χ0v) is 10.7. The second-order valence-electron chi connectivity index (χ2n) is 4.77. The van der Waals surface area contributed by atoms with Crippen LogP contribution in [0.2, 0.25) is 0 Å². The van der Waals surface area contributed by atoms with Gasteiger partial charge in [-0.05, 0) is 24.8 Å². The lowest BCUT2D eigenvalue weighted by Crippen LogP contribution is -2.24. The normalized spacial score (nSPS) is 20.4. The van der Waals surface area contributed by atoms with E-state index in [2.05, 4.69) is 22.0 Å². The predicted octanol–water partition coefficient (Wildman–Crippen LogP) is 1.80. The van der Waals surface area contributed by atoms with Gasteiger partial charge in [-0.1, -0.05) is 18.5 Å². The van der Waals surface area contributed by atoms with Crippen molar-refractivity contribution in [1.29, 1.82) is 0 Å². The minimum Gasteiger partial charge on any atom is -0.409 e. The topological polar surface area (TPSA) is 74.7 Å². The van der Waals surface area contributed by atoms with E-state index >= 15 is 0 Å². The molecule has 0 amide bonds. The lowest BCUT2D eigenvalue weighted by molar-refractivity contribution is 0.318. The first-order valence-electron chi connectivity index (χ1n) is 6.43. The van der Waals surface area contributed by atoms with Gasteiger partial charge >= 0.3 is 0 Å². The molecule has 1 saturated heterocycles. The second-order valence-corrected chi connectivity index (χ2v) is 4.77. The molecular formula is C13H20N4O. The Labute approximate surface area is 107 Å². The van der Waals surface area contributed by atoms with E-state index in [1.54, 1.807) is 18.5 Å². The van der Waals surface area contributed by atoms with E-state index in [0.29, 0.717) is 0 Å². The molecule has 0 aromatic carbocycles. The number of hydrogen-bond donors (Lipinski definition) is 2. The summed E-state index contributed by atoms with van der Waals surface area (Å²) in [6, 6.07) is 1.79. The average Bonchev–Trinajstić information content (AvgIpc) is 2.87. The average molecular weight is 248 g/mol. The van der Waals surface area contributed by atoms with Crippen LogP contribution < -0.4 is 10.6 Å². The van der Waals surface area contributed by atoms with Crippen molar-refractivity contribution in [1.82, 2.24) is 4.98 Å². The van der Waals surface area contributed by atoms with Crippen LogP contribution in [0, 0.1) is 5.92 Å². The SMILES string of the molecule is CCCC1CCN(c2cnccc2/C(N)=N/O)C1. The van der Waals surface area contributed by atoms with Crippen molar-refractivity contribution < 1.29 is 5.21 Å². The van der Waals surface area contributed by atoms with Crippen LogP contribution in [0.1, 0.15) is 31.7 Å². The first-order chi connectivity index (χ1) is 8.76. The largest absolute Gasteiger partial charge is 0.409 e. The molecule has 1 aromatic rings. The molecule has 5 heteroatoms. The maximum atomic E-state index is 8.82. The molecule has 3 N–H and O–H groups in total. The highest BCUT2D eigenvalue weighted by molar-refractivity contribution is 6.02. The van der Waals surface area contributed by atoms with Crippen molar-refractivity contribution in [2.75, 3.05) is 18.0 Å². The minimum absolute atomic E-state index is 0.145. The molecule has 0 saturated carbocycles. The van der Waals surface area contributed by atoms with Crippen molar-refractivity contribution in [2.45, 2.75) is 26.2 Å². The van der Waals surface area contributed by atoms with E-state index in [9.17, 15) is 0 Å². The maximum Gasteiger partial charge on any atom is 0.172 e. The lowest BCUT2D eigenvalue weighted by atomic mass is 10.0. The summed E-state index contributed by atoms with van der Waals surface area (Å²) < 4.78 is 0. The van der Waals surface area contributed by atoms with Gasteiger partial charge in [0, 0.05) is 24.8 Å². The summed E-state index contributed by atoms with van der Waals surface area (Å²) in [6.07, 6.45) is 7.14. The van der Waals surface area contributed by atoms with Gasteiger partial charge in [-0.3, -0.25) is 4.98 Å². The molecule has 1 atom stereocenters. The third-order valence-electron chi connectivity index (χ3n) is 3.51. The smallest absolute Gasteiger partial charge is 0.172 e. The fraction of sp³-hybridized carbons (Fsp3) is 0.538. The van der Waals surface area contributed by atoms with Gasteiger partial charge in [0.2, 0.25) is 0 Å². The van der Waals surface area contributed by atoms with E-state index in [4.69, 9.17) is 10.9 Å². The Morgan fingerprint density at radius 1 is 1.67 bits per heavy atom. The molecule has 0 spiro atoms. The molecule has 0 bridgehead atoms. The van der Waals surface area contributed by atoms with Crippen LogP contribution in [0.25, 0.3) is 0 Å². The van der Waals surface area contributed by atoms with Gasteiger partial charge in [-0.2, -0.15) is 0 Å². The number of rotatable bonds is 4. The first-order valence-corrected chi connectivity index (χ1v) is 6.43. The Balaban J connectivity index is 2.19. The molecule has 0 aliphatic carbocycles. The lowest BCUT2D eigenvalue weighted by Gasteiger charge is -2.21. The van der Waals surface area contributed by atoms with Crippen molar-refractivity contribution in [2.24, 2.45) is 16.8 Å². The van der Waals surface area contributed by atoms with Gasteiger partial charge < -0.3 is 15.8 Å². The number of pyridine rings is 1. The Morgan fingerprint density at radius 3 is 3.22 bits per heavy atom. The Morgan fingerprint density at radius 2 is 2.50 bits per heavy atom. The predicted molar refractivity (Wildman–Crippen MR) is 72.0 cm³/mol. The van der Waals surface area contributed by atoms with E-state index in [-0.39, 0.29) is 5.84 Å². The molecule has 2 rings (SSSR count). The van der Waals surface area contributed by atoms with E-state index in [1.165, 1.54) is 19.3 Å². The van der Waals surface area contributed by atoms with Gasteiger partial charge in [-0.15, -0.1) is 0 Å². The van der Waals surface area contributed by atoms with Crippen molar-refractivity contribution in [3.8, 4) is 0 Å². The molecule has 5 nitrogen and oxygen atoms in total. The Hall–Kier alpha value is -1.78. The highest BCUT2D eigenvalue weighted by Gasteiger charge is 2.24. The van der Waals surface area contributed by atoms with Crippen LogP contribution in [0.3, 0.4) is 0 Å². The van der Waals surface area contributed by atoms with Crippen molar-refractivity contribution in [3.63, 3.8) is 0 Å². The molecule has 1 unspecified atom stereocenters. The number of nitrogens with zero attached hydrogens (tertiary/aromatic N) is 3. The summed E-state index contributed by atoms with van der Waals surface area (Å²) in [5, 5.41) is 11.9. The van der Waals surface area contributed by atoms with Crippen LogP contribution in [-0.2, 0) is 0 Å². The highest BCUT2D eigenvalue weighted by Crippen LogP contribution is 2.28. The molecule has 1 aromatic heterocycles. The monoisotopic (exact) mass is 248 g/mol. The van der Waals surface area contributed by atoms with Gasteiger partial charge in [-0.25, -0.2) is 0 Å². The van der Waals surface area contributed by atoms with Gasteiger partial charge in [0.05, 0.1) is 11.9 Å². The van der Waals surface area contributed by atoms with E-state index in [0.717, 1.165) is 30.3 Å². The fourth-order valence-electron chi connectivity index (χ4n) is 2.60. The summed E-state index contributed by atoms with van der Waals surface area (Å²) in [6.45, 7) is 4.27. The maximum absolute atomic E-state index is 8.82. The molecule has 98 valence electrons. The van der Waals surface area contributed by atoms with Gasteiger partial charge in [0.1, 0.15) is 0 Å². The molecule has 1 aliphatic heterocycles. The third kappa shape index (κ3) is 2.55. The zero-order valence-electron chi connectivity index (χ0n) is 10.7. The molecule has 0 radical (unpaired) electrons. The van der Waals surface area contributed by atoms with Crippen LogP contribution >= 0.6 is 0 Å². The quantitative estimate of drug-likeness (QED) is 0.369. The minimum atomic E-state index is 0.145. The summed E-state index contributed by atoms with van der Waals surface area (Å²) in [4.78, 5) is 6.42. The fourth-order valence-corrected chi connectivity index (χ4v) is 2.60. The van der Waals surface area contributed by atoms with E-state index < -0.39 is 0 Å². The van der Waals surface area contributed by atoms with Crippen LogP contribution in [-0.4, -0.2) is 29.1 Å². The number of amidine groups is 1. The second kappa shape index (κ2) is 5.71. The third-order valence-corrected chi connectivity index (χ3v) is 3.51. The van der Waals surface area contributed by atoms with E-state index in [1.807, 2.05) is 0 Å². The summed E-state index contributed by atoms with van der Waals surface area (Å²) in [5.74, 6) is 0.890. The van der Waals surface area contributed by atoms with Crippen molar-refractivity contribution in [3.05, 3.63) is 24.0 Å². The molecule has 18 heavy (non-hydrogen) atoms. The molecule has 1 aliphatic rings. The first kappa shape index (κ1) is 12.7. The summed E-state index contributed by atoms with van der Waals surface area (Å²) in [7, 11) is 0. The van der Waals surface area contributed by atoms with Crippen LogP contribution in [0.15, 0.2) is 23.6 Å². The van der Waals surface area contributed by atoms with Gasteiger partial charge in [0.15, 0.2) is 5.84 Å². The Bertz CT molecular complexity index is 433. The number of nitrogens with two attached hydrogens (primary N) is 1. The van der Waals surface area contributed by atoms with Crippen molar-refractivity contribution >= 4 is 11.5 Å². The number of hydrogen-bond acceptors (Lipinski definition) is 4.